The van der Waals surface area contributed by atoms with E-state index < -0.39 is 0 Å². The summed E-state index contributed by atoms with van der Waals surface area (Å²) in [6.45, 7) is 8.73. The molecule has 0 radical (unpaired) electrons. The van der Waals surface area contributed by atoms with E-state index in [9.17, 15) is 4.79 Å². The molecule has 1 aliphatic rings. The van der Waals surface area contributed by atoms with E-state index in [1.54, 1.807) is 0 Å². The molecule has 0 fully saturated rings. The number of hydrogen-bond acceptors (Lipinski definition) is 3. The molecule has 1 aromatic heterocycles. The topological polar surface area (TPSA) is 57.2 Å². The highest BCUT2D eigenvalue weighted by atomic mass is 16.5. The monoisotopic (exact) mass is 292 g/mol. The van der Waals surface area contributed by atoms with E-state index in [0.717, 1.165) is 19.3 Å². The molecule has 2 N–H and O–H groups in total. The quantitative estimate of drug-likeness (QED) is 0.867. The molecule has 0 aromatic carbocycles. The van der Waals surface area contributed by atoms with E-state index in [0.29, 0.717) is 5.92 Å². The normalized spacial score (nSPS) is 22.0. The zero-order valence-electron chi connectivity index (χ0n) is 13.8. The van der Waals surface area contributed by atoms with Gasteiger partial charge in [0.25, 0.3) is 0 Å². The van der Waals surface area contributed by atoms with Gasteiger partial charge in [-0.2, -0.15) is 0 Å². The molecule has 0 bridgehead atoms. The molecule has 0 saturated heterocycles. The van der Waals surface area contributed by atoms with Crippen molar-refractivity contribution in [2.24, 2.45) is 17.1 Å². The second-order valence-corrected chi connectivity index (χ2v) is 7.45. The van der Waals surface area contributed by atoms with E-state index in [1.165, 1.54) is 18.4 Å². The van der Waals surface area contributed by atoms with Crippen LogP contribution in [0.25, 0.3) is 0 Å². The third-order valence-electron chi connectivity index (χ3n) is 4.38. The minimum absolute atomic E-state index is 0.0577. The molecule has 0 aliphatic heterocycles. The fourth-order valence-electron chi connectivity index (χ4n) is 3.46. The fraction of sp³-hybridized carbons (Fsp3) is 0.706. The molecule has 118 valence electrons. The molecule has 2 atom stereocenters. The van der Waals surface area contributed by atoms with Gasteiger partial charge in [0.2, 0.25) is 0 Å². The Balaban J connectivity index is 2.41. The number of ether oxygens (including phenoxy) is 1. The molecule has 21 heavy (non-hydrogen) atoms. The van der Waals surface area contributed by atoms with Crippen LogP contribution in [0, 0.1) is 11.3 Å². The Hall–Kier alpha value is -1.29. The number of hydrogen-bond donors (Lipinski definition) is 1. The van der Waals surface area contributed by atoms with Crippen LogP contribution in [0.15, 0.2) is 12.3 Å². The highest BCUT2D eigenvalue weighted by Gasteiger charge is 2.35. The SMILES string of the molecule is COC(=O)C(CC(C)C)n1ccc2c1CC(C)(C)CC2N. The van der Waals surface area contributed by atoms with Crippen LogP contribution in [-0.4, -0.2) is 17.6 Å². The van der Waals surface area contributed by atoms with Crippen molar-refractivity contribution in [1.29, 1.82) is 0 Å². The number of carbonyl (C=O) groups is 1. The summed E-state index contributed by atoms with van der Waals surface area (Å²) in [5.41, 5.74) is 8.87. The smallest absolute Gasteiger partial charge is 0.328 e. The van der Waals surface area contributed by atoms with Crippen molar-refractivity contribution in [2.75, 3.05) is 7.11 Å². The number of nitrogens with two attached hydrogens (primary N) is 1. The first-order chi connectivity index (χ1) is 9.75. The van der Waals surface area contributed by atoms with Gasteiger partial charge in [0.05, 0.1) is 7.11 Å². The second-order valence-electron chi connectivity index (χ2n) is 7.45. The molecule has 4 heteroatoms. The van der Waals surface area contributed by atoms with E-state index in [1.807, 2.05) is 6.20 Å². The largest absolute Gasteiger partial charge is 0.467 e. The molecule has 2 rings (SSSR count). The molecule has 0 saturated carbocycles. The van der Waals surface area contributed by atoms with Crippen LogP contribution in [0.2, 0.25) is 0 Å². The summed E-state index contributed by atoms with van der Waals surface area (Å²) in [5, 5.41) is 0. The highest BCUT2D eigenvalue weighted by Crippen LogP contribution is 2.41. The molecule has 1 heterocycles. The van der Waals surface area contributed by atoms with Crippen molar-refractivity contribution < 1.29 is 9.53 Å². The van der Waals surface area contributed by atoms with Crippen LogP contribution in [0.4, 0.5) is 0 Å². The lowest BCUT2D eigenvalue weighted by molar-refractivity contribution is -0.145. The van der Waals surface area contributed by atoms with Crippen molar-refractivity contribution >= 4 is 5.97 Å². The van der Waals surface area contributed by atoms with Gasteiger partial charge in [-0.1, -0.05) is 27.7 Å². The highest BCUT2D eigenvalue weighted by molar-refractivity contribution is 5.74. The molecule has 0 amide bonds. The lowest BCUT2D eigenvalue weighted by Crippen LogP contribution is -2.32. The summed E-state index contributed by atoms with van der Waals surface area (Å²) in [7, 11) is 1.46. The minimum Gasteiger partial charge on any atom is -0.467 e. The predicted molar refractivity (Wildman–Crippen MR) is 84.0 cm³/mol. The van der Waals surface area contributed by atoms with Gasteiger partial charge < -0.3 is 15.0 Å². The molecular weight excluding hydrogens is 264 g/mol. The second kappa shape index (κ2) is 5.84. The molecule has 1 aromatic rings. The summed E-state index contributed by atoms with van der Waals surface area (Å²) in [6.07, 6.45) is 4.73. The van der Waals surface area contributed by atoms with Crippen LogP contribution in [-0.2, 0) is 16.0 Å². The number of nitrogens with zero attached hydrogens (tertiary/aromatic N) is 1. The van der Waals surface area contributed by atoms with Gasteiger partial charge in [-0.05, 0) is 42.2 Å². The Labute approximate surface area is 127 Å². The predicted octanol–water partition coefficient (Wildman–Crippen LogP) is 3.22. The van der Waals surface area contributed by atoms with Crippen LogP contribution < -0.4 is 5.73 Å². The van der Waals surface area contributed by atoms with Gasteiger partial charge in [0.1, 0.15) is 6.04 Å². The number of aromatic nitrogens is 1. The summed E-state index contributed by atoms with van der Waals surface area (Å²) in [5.74, 6) is 0.261. The standard InChI is InChI=1S/C17H28N2O2/c1-11(2)8-14(16(20)21-5)19-7-6-12-13(18)9-17(3,4)10-15(12)19/h6-7,11,13-14H,8-10,18H2,1-5H3. The Morgan fingerprint density at radius 2 is 2.19 bits per heavy atom. The molecule has 4 nitrogen and oxygen atoms in total. The average molecular weight is 292 g/mol. The fourth-order valence-corrected chi connectivity index (χ4v) is 3.46. The minimum atomic E-state index is -0.250. The maximum absolute atomic E-state index is 12.2. The zero-order valence-corrected chi connectivity index (χ0v) is 13.8. The van der Waals surface area contributed by atoms with Crippen molar-refractivity contribution in [3.05, 3.63) is 23.5 Å². The van der Waals surface area contributed by atoms with Gasteiger partial charge in [-0.3, -0.25) is 0 Å². The van der Waals surface area contributed by atoms with Crippen LogP contribution in [0.1, 0.15) is 63.9 Å². The summed E-state index contributed by atoms with van der Waals surface area (Å²) in [6, 6.07) is 1.88. The van der Waals surface area contributed by atoms with Crippen LogP contribution in [0.3, 0.4) is 0 Å². The van der Waals surface area contributed by atoms with Crippen LogP contribution in [0.5, 0.6) is 0 Å². The zero-order chi connectivity index (χ0) is 15.8. The first-order valence-corrected chi connectivity index (χ1v) is 7.78. The lowest BCUT2D eigenvalue weighted by Gasteiger charge is -2.35. The summed E-state index contributed by atoms with van der Waals surface area (Å²) >= 11 is 0. The van der Waals surface area contributed by atoms with Gasteiger partial charge in [-0.25, -0.2) is 4.79 Å². The van der Waals surface area contributed by atoms with Crippen LogP contribution >= 0.6 is 0 Å². The lowest BCUT2D eigenvalue weighted by atomic mass is 9.74. The first-order valence-electron chi connectivity index (χ1n) is 7.78. The van der Waals surface area contributed by atoms with Gasteiger partial charge in [0.15, 0.2) is 0 Å². The van der Waals surface area contributed by atoms with Crippen molar-refractivity contribution in [3.63, 3.8) is 0 Å². The Kier molecular flexibility index (Phi) is 4.47. The van der Waals surface area contributed by atoms with Gasteiger partial charge in [-0.15, -0.1) is 0 Å². The average Bonchev–Trinajstić information content (AvgIpc) is 2.77. The molecule has 0 spiro atoms. The Morgan fingerprint density at radius 1 is 1.52 bits per heavy atom. The third kappa shape index (κ3) is 3.31. The van der Waals surface area contributed by atoms with Crippen molar-refractivity contribution in [2.45, 2.75) is 59.0 Å². The van der Waals surface area contributed by atoms with Crippen molar-refractivity contribution in [3.8, 4) is 0 Å². The maximum atomic E-state index is 12.2. The van der Waals surface area contributed by atoms with E-state index in [2.05, 4.69) is 38.3 Å². The maximum Gasteiger partial charge on any atom is 0.328 e. The molecule has 1 aliphatic carbocycles. The van der Waals surface area contributed by atoms with E-state index >= 15 is 0 Å². The first kappa shape index (κ1) is 16.1. The Bertz CT molecular complexity index is 517. The molecule has 2 unspecified atom stereocenters. The third-order valence-corrected chi connectivity index (χ3v) is 4.38. The number of carbonyl (C=O) groups excluding carboxylic acids is 1. The summed E-state index contributed by atoms with van der Waals surface area (Å²) in [4.78, 5) is 12.2. The summed E-state index contributed by atoms with van der Waals surface area (Å²) < 4.78 is 7.12. The number of fused-ring (bicyclic) bond motifs is 1. The van der Waals surface area contributed by atoms with E-state index in [-0.39, 0.29) is 23.5 Å². The number of esters is 1. The Morgan fingerprint density at radius 3 is 2.76 bits per heavy atom. The number of rotatable bonds is 4. The van der Waals surface area contributed by atoms with Gasteiger partial charge in [0, 0.05) is 17.9 Å². The number of methoxy groups -OCH3 is 1. The van der Waals surface area contributed by atoms with Gasteiger partial charge >= 0.3 is 5.97 Å². The van der Waals surface area contributed by atoms with E-state index in [4.69, 9.17) is 10.5 Å². The van der Waals surface area contributed by atoms with Crippen molar-refractivity contribution in [1.82, 2.24) is 4.57 Å². The molecular formula is C17H28N2O2.